The molecule has 0 aliphatic heterocycles. The standard InChI is InChI=1S/C19H16N4O4S/c24-13-8-5-12(6-9-13)7-10-16(25)21-19-23-22-17(28-19)11-20-15-4-2-1-3-14(15)18(26)27/h1-10,20,24H,11H2,(H,26,27)(H,21,23,25)/b10-7+. The minimum absolute atomic E-state index is 0.155. The Morgan fingerprint density at radius 1 is 1.07 bits per heavy atom. The van der Waals surface area contributed by atoms with Crippen molar-refractivity contribution in [1.29, 1.82) is 0 Å². The average Bonchev–Trinajstić information content (AvgIpc) is 3.13. The second-order valence-corrected chi connectivity index (χ2v) is 6.68. The Balaban J connectivity index is 1.56. The van der Waals surface area contributed by atoms with Gasteiger partial charge in [-0.1, -0.05) is 35.6 Å². The van der Waals surface area contributed by atoms with E-state index in [1.54, 1.807) is 36.4 Å². The van der Waals surface area contributed by atoms with Gasteiger partial charge in [0, 0.05) is 11.8 Å². The average molecular weight is 396 g/mol. The van der Waals surface area contributed by atoms with Crippen LogP contribution in [0.5, 0.6) is 5.75 Å². The molecule has 1 amide bonds. The summed E-state index contributed by atoms with van der Waals surface area (Å²) in [5.41, 5.74) is 1.42. The molecule has 0 saturated heterocycles. The number of carbonyl (C=O) groups excluding carboxylic acids is 1. The lowest BCUT2D eigenvalue weighted by molar-refractivity contribution is -0.111. The third-order valence-corrected chi connectivity index (χ3v) is 4.44. The number of benzene rings is 2. The van der Waals surface area contributed by atoms with E-state index in [9.17, 15) is 19.8 Å². The lowest BCUT2D eigenvalue weighted by Crippen LogP contribution is -2.07. The number of aromatic hydroxyl groups is 1. The van der Waals surface area contributed by atoms with Crippen molar-refractivity contribution in [2.45, 2.75) is 6.54 Å². The molecule has 0 saturated carbocycles. The van der Waals surface area contributed by atoms with Crippen LogP contribution in [0.2, 0.25) is 0 Å². The topological polar surface area (TPSA) is 124 Å². The maximum absolute atomic E-state index is 12.0. The number of amides is 1. The lowest BCUT2D eigenvalue weighted by atomic mass is 10.2. The predicted octanol–water partition coefficient (Wildman–Crippen LogP) is 3.21. The molecule has 3 rings (SSSR count). The number of nitrogens with one attached hydrogen (secondary N) is 2. The van der Waals surface area contributed by atoms with Crippen molar-refractivity contribution in [3.8, 4) is 5.75 Å². The summed E-state index contributed by atoms with van der Waals surface area (Å²) < 4.78 is 0. The molecule has 1 aromatic heterocycles. The van der Waals surface area contributed by atoms with E-state index in [2.05, 4.69) is 20.8 Å². The summed E-state index contributed by atoms with van der Waals surface area (Å²) in [5.74, 6) is -1.23. The molecule has 1 heterocycles. The fraction of sp³-hybridized carbons (Fsp3) is 0.0526. The Hall–Kier alpha value is -3.72. The summed E-state index contributed by atoms with van der Waals surface area (Å²) >= 11 is 1.19. The minimum atomic E-state index is -1.02. The molecule has 2 aromatic carbocycles. The largest absolute Gasteiger partial charge is 0.508 e. The van der Waals surface area contributed by atoms with Gasteiger partial charge in [0.25, 0.3) is 0 Å². The highest BCUT2D eigenvalue weighted by Crippen LogP contribution is 2.19. The van der Waals surface area contributed by atoms with Gasteiger partial charge >= 0.3 is 5.97 Å². The summed E-state index contributed by atoms with van der Waals surface area (Å²) in [7, 11) is 0. The minimum Gasteiger partial charge on any atom is -0.508 e. The molecule has 3 aromatic rings. The van der Waals surface area contributed by atoms with Gasteiger partial charge in [-0.05, 0) is 35.9 Å². The number of phenols is 1. The van der Waals surface area contributed by atoms with Crippen LogP contribution in [0.3, 0.4) is 0 Å². The van der Waals surface area contributed by atoms with Gasteiger partial charge in [0.05, 0.1) is 12.1 Å². The molecular weight excluding hydrogens is 380 g/mol. The number of carbonyl (C=O) groups is 2. The van der Waals surface area contributed by atoms with Gasteiger partial charge in [-0.25, -0.2) is 4.79 Å². The van der Waals surface area contributed by atoms with Crippen molar-refractivity contribution in [2.75, 3.05) is 10.6 Å². The third kappa shape index (κ3) is 5.15. The van der Waals surface area contributed by atoms with E-state index in [0.717, 1.165) is 5.56 Å². The Bertz CT molecular complexity index is 1010. The number of para-hydroxylation sites is 1. The Morgan fingerprint density at radius 3 is 2.57 bits per heavy atom. The SMILES string of the molecule is O=C(/C=C/c1ccc(O)cc1)Nc1nnc(CNc2ccccc2C(=O)O)s1. The number of hydrogen-bond acceptors (Lipinski definition) is 7. The maximum atomic E-state index is 12.0. The highest BCUT2D eigenvalue weighted by molar-refractivity contribution is 7.15. The third-order valence-electron chi connectivity index (χ3n) is 3.60. The number of carboxylic acids is 1. The van der Waals surface area contributed by atoms with Gasteiger partial charge in [-0.3, -0.25) is 10.1 Å². The van der Waals surface area contributed by atoms with Crippen LogP contribution in [0.4, 0.5) is 10.8 Å². The molecule has 28 heavy (non-hydrogen) atoms. The van der Waals surface area contributed by atoms with Gasteiger partial charge in [0.1, 0.15) is 10.8 Å². The van der Waals surface area contributed by atoms with E-state index in [4.69, 9.17) is 0 Å². The molecular formula is C19H16N4O4S. The van der Waals surface area contributed by atoms with Crippen molar-refractivity contribution in [3.63, 3.8) is 0 Å². The summed E-state index contributed by atoms with van der Waals surface area (Å²) in [4.78, 5) is 23.2. The van der Waals surface area contributed by atoms with Crippen LogP contribution in [0.15, 0.2) is 54.6 Å². The molecule has 0 aliphatic carbocycles. The summed E-state index contributed by atoms with van der Waals surface area (Å²) in [6, 6.07) is 13.0. The van der Waals surface area contributed by atoms with Crippen molar-refractivity contribution < 1.29 is 19.8 Å². The van der Waals surface area contributed by atoms with Crippen LogP contribution >= 0.6 is 11.3 Å². The van der Waals surface area contributed by atoms with E-state index < -0.39 is 5.97 Å². The zero-order chi connectivity index (χ0) is 19.9. The van der Waals surface area contributed by atoms with Crippen LogP contribution in [0, 0.1) is 0 Å². The van der Waals surface area contributed by atoms with E-state index >= 15 is 0 Å². The molecule has 142 valence electrons. The smallest absolute Gasteiger partial charge is 0.337 e. The van der Waals surface area contributed by atoms with Gasteiger partial charge in [-0.2, -0.15) is 0 Å². The van der Waals surface area contributed by atoms with Gasteiger partial charge < -0.3 is 15.5 Å². The number of carboxylic acid groups (broad SMARTS) is 1. The molecule has 0 spiro atoms. The number of aromatic nitrogens is 2. The molecule has 0 aliphatic rings. The number of aromatic carboxylic acids is 1. The van der Waals surface area contributed by atoms with Gasteiger partial charge in [0.15, 0.2) is 0 Å². The fourth-order valence-corrected chi connectivity index (χ4v) is 2.96. The van der Waals surface area contributed by atoms with Gasteiger partial charge in [-0.15, -0.1) is 10.2 Å². The molecule has 0 fully saturated rings. The molecule has 4 N–H and O–H groups in total. The molecule has 9 heteroatoms. The van der Waals surface area contributed by atoms with Crippen LogP contribution < -0.4 is 10.6 Å². The molecule has 8 nitrogen and oxygen atoms in total. The summed E-state index contributed by atoms with van der Waals surface area (Å²) in [6.07, 6.45) is 2.97. The lowest BCUT2D eigenvalue weighted by Gasteiger charge is -2.07. The van der Waals surface area contributed by atoms with Crippen LogP contribution in [-0.2, 0) is 11.3 Å². The molecule has 0 radical (unpaired) electrons. The van der Waals surface area contributed by atoms with E-state index in [1.807, 2.05) is 0 Å². The Morgan fingerprint density at radius 2 is 1.82 bits per heavy atom. The van der Waals surface area contributed by atoms with Crippen molar-refractivity contribution in [2.24, 2.45) is 0 Å². The number of hydrogen-bond donors (Lipinski definition) is 4. The number of phenolic OH excluding ortho intramolecular Hbond substituents is 1. The van der Waals surface area contributed by atoms with E-state index in [1.165, 1.54) is 35.6 Å². The van der Waals surface area contributed by atoms with Crippen LogP contribution in [-0.4, -0.2) is 32.3 Å². The normalized spacial score (nSPS) is 10.7. The first-order valence-corrected chi connectivity index (χ1v) is 8.99. The second-order valence-electron chi connectivity index (χ2n) is 5.62. The number of anilines is 2. The fourth-order valence-electron chi connectivity index (χ4n) is 2.27. The number of rotatable bonds is 7. The van der Waals surface area contributed by atoms with Crippen molar-refractivity contribution >= 4 is 40.1 Å². The van der Waals surface area contributed by atoms with E-state index in [0.29, 0.717) is 15.8 Å². The van der Waals surface area contributed by atoms with E-state index in [-0.39, 0.29) is 23.8 Å². The predicted molar refractivity (Wildman–Crippen MR) is 106 cm³/mol. The van der Waals surface area contributed by atoms with Gasteiger partial charge in [0.2, 0.25) is 11.0 Å². The highest BCUT2D eigenvalue weighted by Gasteiger charge is 2.10. The zero-order valence-corrected chi connectivity index (χ0v) is 15.3. The first kappa shape index (κ1) is 19.1. The van der Waals surface area contributed by atoms with Crippen molar-refractivity contribution in [1.82, 2.24) is 10.2 Å². The quantitative estimate of drug-likeness (QED) is 0.452. The number of nitrogens with zero attached hydrogens (tertiary/aromatic N) is 2. The summed E-state index contributed by atoms with van der Waals surface area (Å²) in [5, 5.41) is 32.9. The van der Waals surface area contributed by atoms with Crippen LogP contribution in [0.25, 0.3) is 6.08 Å². The first-order valence-electron chi connectivity index (χ1n) is 8.18. The molecule has 0 unspecified atom stereocenters. The Labute approximate surface area is 164 Å². The Kier molecular flexibility index (Phi) is 5.97. The van der Waals surface area contributed by atoms with Crippen molar-refractivity contribution in [3.05, 3.63) is 70.7 Å². The second kappa shape index (κ2) is 8.78. The molecule has 0 bridgehead atoms. The molecule has 0 atom stereocenters. The monoisotopic (exact) mass is 396 g/mol. The first-order chi connectivity index (χ1) is 13.5. The summed E-state index contributed by atoms with van der Waals surface area (Å²) in [6.45, 7) is 0.279. The van der Waals surface area contributed by atoms with Crippen LogP contribution in [0.1, 0.15) is 20.9 Å². The maximum Gasteiger partial charge on any atom is 0.337 e. The highest BCUT2D eigenvalue weighted by atomic mass is 32.1. The zero-order valence-electron chi connectivity index (χ0n) is 14.5.